The molecule has 0 saturated carbocycles. The molecule has 0 aliphatic carbocycles. The summed E-state index contributed by atoms with van der Waals surface area (Å²) in [6, 6.07) is 9.20. The molecular weight excluding hydrogens is 352 g/mol. The first-order valence-corrected chi connectivity index (χ1v) is 8.83. The van der Waals surface area contributed by atoms with Crippen molar-refractivity contribution in [2.24, 2.45) is 0 Å². The number of aryl methyl sites for hydroxylation is 2. The summed E-state index contributed by atoms with van der Waals surface area (Å²) in [6.07, 6.45) is 0.790. The Morgan fingerprint density at radius 3 is 2.54 bits per heavy atom. The van der Waals surface area contributed by atoms with Crippen molar-refractivity contribution >= 4 is 34.8 Å². The van der Waals surface area contributed by atoms with Crippen molar-refractivity contribution in [3.05, 3.63) is 52.0 Å². The van der Waals surface area contributed by atoms with Gasteiger partial charge < -0.3 is 15.0 Å². The van der Waals surface area contributed by atoms with E-state index in [0.29, 0.717) is 23.0 Å². The Morgan fingerprint density at radius 2 is 1.88 bits per heavy atom. The standard InChI is InChI=1S/C20H21ClN2O3/c1-12-8-16(21)9-13(2)20(12)26-11-19(25)22-17-4-5-18-15(10-17)6-7-23(18)14(3)24/h4-5,8-10H,6-7,11H2,1-3H3,(H,22,25). The fourth-order valence-corrected chi connectivity index (χ4v) is 3.59. The maximum absolute atomic E-state index is 12.2. The lowest BCUT2D eigenvalue weighted by molar-refractivity contribution is -0.118. The number of fused-ring (bicyclic) bond motifs is 1. The summed E-state index contributed by atoms with van der Waals surface area (Å²) < 4.78 is 5.67. The van der Waals surface area contributed by atoms with Crippen LogP contribution in [0.1, 0.15) is 23.6 Å². The third kappa shape index (κ3) is 3.83. The molecule has 3 rings (SSSR count). The highest BCUT2D eigenvalue weighted by Gasteiger charge is 2.22. The van der Waals surface area contributed by atoms with Crippen LogP contribution in [0.4, 0.5) is 11.4 Å². The van der Waals surface area contributed by atoms with Gasteiger partial charge in [0, 0.05) is 29.9 Å². The van der Waals surface area contributed by atoms with Gasteiger partial charge in [0.2, 0.25) is 5.91 Å². The van der Waals surface area contributed by atoms with Crippen LogP contribution in [0, 0.1) is 13.8 Å². The van der Waals surface area contributed by atoms with E-state index < -0.39 is 0 Å². The third-order valence-corrected chi connectivity index (χ3v) is 4.63. The van der Waals surface area contributed by atoms with Crippen molar-refractivity contribution < 1.29 is 14.3 Å². The van der Waals surface area contributed by atoms with Crippen LogP contribution >= 0.6 is 11.6 Å². The van der Waals surface area contributed by atoms with Gasteiger partial charge in [0.15, 0.2) is 6.61 Å². The fourth-order valence-electron chi connectivity index (χ4n) is 3.27. The number of nitrogens with one attached hydrogen (secondary N) is 1. The molecule has 0 bridgehead atoms. The summed E-state index contributed by atoms with van der Waals surface area (Å²) >= 11 is 6.01. The van der Waals surface area contributed by atoms with Crippen molar-refractivity contribution in [2.45, 2.75) is 27.2 Å². The molecule has 2 aromatic carbocycles. The molecule has 1 aliphatic rings. The average molecular weight is 373 g/mol. The molecule has 6 heteroatoms. The highest BCUT2D eigenvalue weighted by molar-refractivity contribution is 6.30. The van der Waals surface area contributed by atoms with Crippen LogP contribution in [0.25, 0.3) is 0 Å². The molecule has 0 fully saturated rings. The number of halogens is 1. The molecule has 0 atom stereocenters. The van der Waals surface area contributed by atoms with Gasteiger partial charge in [0.05, 0.1) is 0 Å². The lowest BCUT2D eigenvalue weighted by Crippen LogP contribution is -2.25. The fraction of sp³-hybridized carbons (Fsp3) is 0.300. The molecule has 2 amide bonds. The van der Waals surface area contributed by atoms with Crippen LogP contribution in [-0.4, -0.2) is 25.0 Å². The number of rotatable bonds is 4. The molecule has 0 unspecified atom stereocenters. The Kier molecular flexibility index (Phi) is 5.18. The van der Waals surface area contributed by atoms with E-state index in [1.807, 2.05) is 38.1 Å². The molecule has 0 radical (unpaired) electrons. The molecule has 1 N–H and O–H groups in total. The monoisotopic (exact) mass is 372 g/mol. The van der Waals surface area contributed by atoms with E-state index in [1.54, 1.807) is 17.9 Å². The van der Waals surface area contributed by atoms with Gasteiger partial charge in [-0.15, -0.1) is 0 Å². The number of ether oxygens (including phenoxy) is 1. The normalized spacial score (nSPS) is 12.7. The molecule has 0 aromatic heterocycles. The Balaban J connectivity index is 1.64. The molecule has 26 heavy (non-hydrogen) atoms. The molecule has 136 valence electrons. The molecule has 1 heterocycles. The Hall–Kier alpha value is -2.53. The van der Waals surface area contributed by atoms with E-state index >= 15 is 0 Å². The van der Waals surface area contributed by atoms with Crippen molar-refractivity contribution in [3.63, 3.8) is 0 Å². The molecule has 0 spiro atoms. The van der Waals surface area contributed by atoms with E-state index in [-0.39, 0.29) is 18.4 Å². The summed E-state index contributed by atoms with van der Waals surface area (Å²) in [5.41, 5.74) is 4.46. The lowest BCUT2D eigenvalue weighted by Gasteiger charge is -2.15. The largest absolute Gasteiger partial charge is 0.483 e. The zero-order valence-corrected chi connectivity index (χ0v) is 15.8. The Bertz CT molecular complexity index is 856. The van der Waals surface area contributed by atoms with Crippen LogP contribution < -0.4 is 15.0 Å². The van der Waals surface area contributed by atoms with E-state index in [4.69, 9.17) is 16.3 Å². The molecule has 2 aromatic rings. The van der Waals surface area contributed by atoms with E-state index in [2.05, 4.69) is 5.32 Å². The number of hydrogen-bond acceptors (Lipinski definition) is 3. The number of nitrogens with zero attached hydrogens (tertiary/aromatic N) is 1. The molecular formula is C20H21ClN2O3. The molecule has 5 nitrogen and oxygen atoms in total. The number of anilines is 2. The van der Waals surface area contributed by atoms with Crippen LogP contribution in [0.5, 0.6) is 5.75 Å². The smallest absolute Gasteiger partial charge is 0.262 e. The van der Waals surface area contributed by atoms with Gasteiger partial charge in [-0.3, -0.25) is 9.59 Å². The maximum Gasteiger partial charge on any atom is 0.262 e. The number of carbonyl (C=O) groups excluding carboxylic acids is 2. The number of amides is 2. The number of benzene rings is 2. The van der Waals surface area contributed by atoms with E-state index in [1.165, 1.54) is 0 Å². The summed E-state index contributed by atoms with van der Waals surface area (Å²) in [4.78, 5) is 25.6. The van der Waals surface area contributed by atoms with Crippen molar-refractivity contribution in [1.29, 1.82) is 0 Å². The number of carbonyl (C=O) groups is 2. The predicted octanol–water partition coefficient (Wildman–Crippen LogP) is 3.88. The summed E-state index contributed by atoms with van der Waals surface area (Å²) in [5.74, 6) is 0.471. The van der Waals surface area contributed by atoms with Gasteiger partial charge >= 0.3 is 0 Å². The quantitative estimate of drug-likeness (QED) is 0.885. The first-order chi connectivity index (χ1) is 12.3. The van der Waals surface area contributed by atoms with Gasteiger partial charge in [-0.25, -0.2) is 0 Å². The minimum Gasteiger partial charge on any atom is -0.483 e. The van der Waals surface area contributed by atoms with Crippen molar-refractivity contribution in [2.75, 3.05) is 23.4 Å². The minimum atomic E-state index is -0.236. The first-order valence-electron chi connectivity index (χ1n) is 8.45. The van der Waals surface area contributed by atoms with Crippen LogP contribution in [0.15, 0.2) is 30.3 Å². The second-order valence-electron chi connectivity index (χ2n) is 6.47. The zero-order valence-electron chi connectivity index (χ0n) is 15.1. The topological polar surface area (TPSA) is 58.6 Å². The van der Waals surface area contributed by atoms with Gasteiger partial charge in [0.25, 0.3) is 5.91 Å². The second kappa shape index (κ2) is 7.38. The van der Waals surface area contributed by atoms with Crippen LogP contribution in [0.2, 0.25) is 5.02 Å². The summed E-state index contributed by atoms with van der Waals surface area (Å²) in [7, 11) is 0. The van der Waals surface area contributed by atoms with E-state index in [9.17, 15) is 9.59 Å². The molecule has 0 saturated heterocycles. The first kappa shape index (κ1) is 18.3. The lowest BCUT2D eigenvalue weighted by atomic mass is 10.1. The number of hydrogen-bond donors (Lipinski definition) is 1. The second-order valence-corrected chi connectivity index (χ2v) is 6.91. The SMILES string of the molecule is CC(=O)N1CCc2cc(NC(=O)COc3c(C)cc(Cl)cc3C)ccc21. The predicted molar refractivity (Wildman–Crippen MR) is 103 cm³/mol. The van der Waals surface area contributed by atoms with E-state index in [0.717, 1.165) is 28.8 Å². The van der Waals surface area contributed by atoms with Gasteiger partial charge in [-0.2, -0.15) is 0 Å². The Morgan fingerprint density at radius 1 is 1.19 bits per heavy atom. The maximum atomic E-state index is 12.2. The van der Waals surface area contributed by atoms with Gasteiger partial charge in [-0.1, -0.05) is 11.6 Å². The minimum absolute atomic E-state index is 0.0302. The van der Waals surface area contributed by atoms with Gasteiger partial charge in [-0.05, 0) is 67.3 Å². The summed E-state index contributed by atoms with van der Waals surface area (Å²) in [6.45, 7) is 5.95. The zero-order chi connectivity index (χ0) is 18.8. The van der Waals surface area contributed by atoms with Crippen LogP contribution in [0.3, 0.4) is 0 Å². The average Bonchev–Trinajstić information content (AvgIpc) is 2.97. The van der Waals surface area contributed by atoms with Gasteiger partial charge in [0.1, 0.15) is 5.75 Å². The third-order valence-electron chi connectivity index (χ3n) is 4.41. The summed E-state index contributed by atoms with van der Waals surface area (Å²) in [5, 5.41) is 3.49. The molecule has 1 aliphatic heterocycles. The highest BCUT2D eigenvalue weighted by Crippen LogP contribution is 2.30. The highest BCUT2D eigenvalue weighted by atomic mass is 35.5. The van der Waals surface area contributed by atoms with Crippen molar-refractivity contribution in [3.8, 4) is 5.75 Å². The Labute approximate surface area is 157 Å². The van der Waals surface area contributed by atoms with Crippen molar-refractivity contribution in [1.82, 2.24) is 0 Å². The van der Waals surface area contributed by atoms with Crippen LogP contribution in [-0.2, 0) is 16.0 Å².